The third kappa shape index (κ3) is 5.27. The van der Waals surface area contributed by atoms with Crippen molar-refractivity contribution in [1.29, 1.82) is 0 Å². The van der Waals surface area contributed by atoms with Crippen molar-refractivity contribution in [3.63, 3.8) is 0 Å². The number of rotatable bonds is 8. The van der Waals surface area contributed by atoms with Gasteiger partial charge < -0.3 is 19.9 Å². The summed E-state index contributed by atoms with van der Waals surface area (Å²) in [5.41, 5.74) is 0.955. The van der Waals surface area contributed by atoms with Gasteiger partial charge in [0.05, 0.1) is 13.2 Å². The average Bonchev–Trinajstić information content (AvgIpc) is 2.36. The highest BCUT2D eigenvalue weighted by Crippen LogP contribution is 2.35. The monoisotopic (exact) mass is 287 g/mol. The van der Waals surface area contributed by atoms with E-state index in [9.17, 15) is 0 Å². The zero-order valence-electron chi connectivity index (χ0n) is 11.7. The summed E-state index contributed by atoms with van der Waals surface area (Å²) in [5.74, 6) is 1.36. The predicted molar refractivity (Wildman–Crippen MR) is 77.2 cm³/mol. The highest BCUT2D eigenvalue weighted by molar-refractivity contribution is 6.30. The van der Waals surface area contributed by atoms with Crippen LogP contribution in [0.5, 0.6) is 11.5 Å². The maximum atomic E-state index is 8.76. The third-order valence-corrected chi connectivity index (χ3v) is 2.72. The molecule has 1 aromatic rings. The molecule has 0 spiro atoms. The van der Waals surface area contributed by atoms with Crippen molar-refractivity contribution in [2.45, 2.75) is 32.9 Å². The lowest BCUT2D eigenvalue weighted by Gasteiger charge is -2.18. The van der Waals surface area contributed by atoms with Crippen LogP contribution in [0.4, 0.5) is 0 Å². The van der Waals surface area contributed by atoms with E-state index in [-0.39, 0.29) is 12.7 Å². The summed E-state index contributed by atoms with van der Waals surface area (Å²) in [7, 11) is 1.60. The van der Waals surface area contributed by atoms with Crippen LogP contribution in [0.15, 0.2) is 12.1 Å². The minimum Gasteiger partial charge on any atom is -0.493 e. The Balaban J connectivity index is 2.88. The average molecular weight is 288 g/mol. The molecule has 0 unspecified atom stereocenters. The molecular formula is C14H22ClNO3. The van der Waals surface area contributed by atoms with Crippen LogP contribution in [0, 0.1) is 0 Å². The summed E-state index contributed by atoms with van der Waals surface area (Å²) in [6, 6.07) is 3.62. The van der Waals surface area contributed by atoms with Crippen molar-refractivity contribution in [2.24, 2.45) is 0 Å². The summed E-state index contributed by atoms with van der Waals surface area (Å²) in [6.07, 6.45) is 0.782. The van der Waals surface area contributed by atoms with Crippen LogP contribution in [0.2, 0.25) is 5.02 Å². The van der Waals surface area contributed by atoms with Crippen molar-refractivity contribution >= 4 is 11.6 Å². The molecule has 0 aliphatic carbocycles. The number of nitrogens with one attached hydrogen (secondary N) is 1. The summed E-state index contributed by atoms with van der Waals surface area (Å²) in [5, 5.41) is 12.6. The van der Waals surface area contributed by atoms with E-state index >= 15 is 0 Å². The number of aliphatic hydroxyl groups is 1. The summed E-state index contributed by atoms with van der Waals surface area (Å²) in [6.45, 7) is 5.49. The molecule has 1 aromatic carbocycles. The largest absolute Gasteiger partial charge is 0.493 e. The van der Waals surface area contributed by atoms with Crippen molar-refractivity contribution in [2.75, 3.05) is 20.3 Å². The van der Waals surface area contributed by atoms with Gasteiger partial charge in [0.1, 0.15) is 0 Å². The molecule has 0 atom stereocenters. The number of halogens is 1. The van der Waals surface area contributed by atoms with Crippen LogP contribution in [0.25, 0.3) is 0 Å². The molecule has 1 rings (SSSR count). The fourth-order valence-electron chi connectivity index (χ4n) is 1.70. The van der Waals surface area contributed by atoms with Gasteiger partial charge >= 0.3 is 0 Å². The Labute approximate surface area is 119 Å². The molecule has 0 aromatic heterocycles. The maximum absolute atomic E-state index is 8.76. The Morgan fingerprint density at radius 1 is 1.37 bits per heavy atom. The zero-order valence-corrected chi connectivity index (χ0v) is 12.5. The molecule has 0 fully saturated rings. The molecule has 19 heavy (non-hydrogen) atoms. The molecule has 0 heterocycles. The van der Waals surface area contributed by atoms with E-state index in [4.69, 9.17) is 26.2 Å². The van der Waals surface area contributed by atoms with Gasteiger partial charge in [0, 0.05) is 29.8 Å². The lowest BCUT2D eigenvalue weighted by Crippen LogP contribution is -2.17. The Kier molecular flexibility index (Phi) is 6.99. The van der Waals surface area contributed by atoms with Crippen LogP contribution in [0.3, 0.4) is 0 Å². The first-order valence-electron chi connectivity index (χ1n) is 6.43. The molecule has 0 aliphatic heterocycles. The molecule has 0 radical (unpaired) electrons. The molecule has 108 valence electrons. The van der Waals surface area contributed by atoms with Crippen LogP contribution in [0.1, 0.15) is 25.8 Å². The number of methoxy groups -OCH3 is 1. The van der Waals surface area contributed by atoms with Crippen LogP contribution >= 0.6 is 11.6 Å². The Bertz CT molecular complexity index is 397. The third-order valence-electron chi connectivity index (χ3n) is 2.50. The maximum Gasteiger partial charge on any atom is 0.166 e. The number of hydrogen-bond donors (Lipinski definition) is 2. The molecule has 0 amide bonds. The van der Waals surface area contributed by atoms with Crippen molar-refractivity contribution < 1.29 is 14.6 Å². The highest BCUT2D eigenvalue weighted by Gasteiger charge is 2.14. The fraction of sp³-hybridized carbons (Fsp3) is 0.571. The van der Waals surface area contributed by atoms with E-state index < -0.39 is 0 Å². The van der Waals surface area contributed by atoms with Crippen LogP contribution < -0.4 is 14.8 Å². The molecule has 0 aliphatic rings. The second-order valence-corrected chi connectivity index (χ2v) is 4.95. The van der Waals surface area contributed by atoms with Gasteiger partial charge in [0.2, 0.25) is 0 Å². The number of ether oxygens (including phenoxy) is 2. The molecule has 0 saturated carbocycles. The van der Waals surface area contributed by atoms with Gasteiger partial charge in [-0.25, -0.2) is 0 Å². The number of aliphatic hydroxyl groups excluding tert-OH is 1. The molecule has 0 bridgehead atoms. The molecular weight excluding hydrogens is 266 g/mol. The second-order valence-electron chi connectivity index (χ2n) is 4.52. The minimum atomic E-state index is 0.0614. The predicted octanol–water partition coefficient (Wildman–Crippen LogP) is 2.61. The van der Waals surface area contributed by atoms with E-state index in [1.165, 1.54) is 0 Å². The Hall–Kier alpha value is -0.970. The topological polar surface area (TPSA) is 50.7 Å². The first kappa shape index (κ1) is 16.1. The fourth-order valence-corrected chi connectivity index (χ4v) is 1.93. The molecule has 5 heteroatoms. The molecule has 0 saturated heterocycles. The first-order valence-corrected chi connectivity index (χ1v) is 6.81. The Morgan fingerprint density at radius 2 is 2.11 bits per heavy atom. The SMILES string of the molecule is COc1cc(Cl)cc(CNCCCO)c1OC(C)C. The van der Waals surface area contributed by atoms with Gasteiger partial charge in [-0.1, -0.05) is 11.6 Å². The second kappa shape index (κ2) is 8.25. The van der Waals surface area contributed by atoms with Gasteiger partial charge in [-0.15, -0.1) is 0 Å². The van der Waals surface area contributed by atoms with Gasteiger partial charge in [-0.2, -0.15) is 0 Å². The van der Waals surface area contributed by atoms with E-state index in [1.807, 2.05) is 19.9 Å². The van der Waals surface area contributed by atoms with Crippen LogP contribution in [-0.4, -0.2) is 31.5 Å². The first-order chi connectivity index (χ1) is 9.08. The smallest absolute Gasteiger partial charge is 0.166 e. The summed E-state index contributed by atoms with van der Waals surface area (Å²) >= 11 is 6.07. The van der Waals surface area contributed by atoms with Gasteiger partial charge in [0.25, 0.3) is 0 Å². The van der Waals surface area contributed by atoms with Gasteiger partial charge in [-0.05, 0) is 32.9 Å². The van der Waals surface area contributed by atoms with Gasteiger partial charge in [-0.3, -0.25) is 0 Å². The van der Waals surface area contributed by atoms with E-state index in [0.29, 0.717) is 17.3 Å². The van der Waals surface area contributed by atoms with Gasteiger partial charge in [0.15, 0.2) is 11.5 Å². The lowest BCUT2D eigenvalue weighted by molar-refractivity contribution is 0.227. The van der Waals surface area contributed by atoms with E-state index in [2.05, 4.69) is 5.32 Å². The summed E-state index contributed by atoms with van der Waals surface area (Å²) in [4.78, 5) is 0. The lowest BCUT2D eigenvalue weighted by atomic mass is 10.1. The van der Waals surface area contributed by atoms with Crippen molar-refractivity contribution in [3.8, 4) is 11.5 Å². The van der Waals surface area contributed by atoms with Crippen molar-refractivity contribution in [1.82, 2.24) is 5.32 Å². The standard InChI is InChI=1S/C14H22ClNO3/c1-10(2)19-14-11(9-16-5-4-6-17)7-12(15)8-13(14)18-3/h7-8,10,16-17H,4-6,9H2,1-3H3. The number of benzene rings is 1. The molecule has 2 N–H and O–H groups in total. The number of hydrogen-bond acceptors (Lipinski definition) is 4. The van der Waals surface area contributed by atoms with E-state index in [0.717, 1.165) is 24.3 Å². The Morgan fingerprint density at radius 3 is 2.68 bits per heavy atom. The normalized spacial score (nSPS) is 10.8. The molecule has 4 nitrogen and oxygen atoms in total. The highest BCUT2D eigenvalue weighted by atomic mass is 35.5. The van der Waals surface area contributed by atoms with Crippen LogP contribution in [-0.2, 0) is 6.54 Å². The van der Waals surface area contributed by atoms with Crippen molar-refractivity contribution in [3.05, 3.63) is 22.7 Å². The quantitative estimate of drug-likeness (QED) is 0.722. The summed E-state index contributed by atoms with van der Waals surface area (Å²) < 4.78 is 11.1. The van der Waals surface area contributed by atoms with E-state index in [1.54, 1.807) is 13.2 Å². The minimum absolute atomic E-state index is 0.0614. The zero-order chi connectivity index (χ0) is 14.3.